The number of para-hydroxylation sites is 1. The minimum absolute atomic E-state index is 0.121. The Kier molecular flexibility index (Phi) is 2.90. The number of carbonyl (C=O) groups is 1. The van der Waals surface area contributed by atoms with Crippen molar-refractivity contribution in [3.8, 4) is 0 Å². The van der Waals surface area contributed by atoms with Crippen molar-refractivity contribution in [1.82, 2.24) is 15.2 Å². The van der Waals surface area contributed by atoms with E-state index in [0.717, 1.165) is 33.5 Å². The van der Waals surface area contributed by atoms with Crippen molar-refractivity contribution in [3.05, 3.63) is 53.4 Å². The molecule has 0 atom stereocenters. The van der Waals surface area contributed by atoms with E-state index in [9.17, 15) is 4.79 Å². The van der Waals surface area contributed by atoms with Crippen LogP contribution in [0.5, 0.6) is 0 Å². The van der Waals surface area contributed by atoms with Crippen LogP contribution < -0.4 is 10.6 Å². The van der Waals surface area contributed by atoms with E-state index < -0.39 is 0 Å². The highest BCUT2D eigenvalue weighted by Crippen LogP contribution is 2.31. The quantitative estimate of drug-likeness (QED) is 0.636. The van der Waals surface area contributed by atoms with E-state index >= 15 is 0 Å². The van der Waals surface area contributed by atoms with Gasteiger partial charge < -0.3 is 10.6 Å². The van der Waals surface area contributed by atoms with Gasteiger partial charge in [0.2, 0.25) is 0 Å². The topological polar surface area (TPSA) is 82.7 Å². The van der Waals surface area contributed by atoms with Crippen molar-refractivity contribution in [1.29, 1.82) is 0 Å². The molecule has 0 saturated carbocycles. The summed E-state index contributed by atoms with van der Waals surface area (Å²) in [5.41, 5.74) is 5.06. The number of benzene rings is 1. The normalized spacial score (nSPS) is 15.0. The van der Waals surface area contributed by atoms with Gasteiger partial charge in [-0.3, -0.25) is 9.89 Å². The molecule has 23 heavy (non-hydrogen) atoms. The summed E-state index contributed by atoms with van der Waals surface area (Å²) in [6.07, 6.45) is 1.69. The molecule has 0 radical (unpaired) electrons. The molecular weight excluding hydrogens is 290 g/mol. The number of hydrogen-bond acceptors (Lipinski definition) is 4. The number of aryl methyl sites for hydroxylation is 2. The first-order valence-electron chi connectivity index (χ1n) is 7.33. The van der Waals surface area contributed by atoms with E-state index in [-0.39, 0.29) is 5.91 Å². The van der Waals surface area contributed by atoms with E-state index in [1.165, 1.54) is 0 Å². The molecule has 6 nitrogen and oxygen atoms in total. The van der Waals surface area contributed by atoms with Gasteiger partial charge in [-0.05, 0) is 31.5 Å². The van der Waals surface area contributed by atoms with Crippen LogP contribution in [0.25, 0.3) is 16.6 Å². The molecule has 6 heteroatoms. The average Bonchev–Trinajstić information content (AvgIpc) is 3.05. The van der Waals surface area contributed by atoms with E-state index in [2.05, 4.69) is 25.8 Å². The highest BCUT2D eigenvalue weighted by atomic mass is 16.2. The number of amides is 1. The summed E-state index contributed by atoms with van der Waals surface area (Å²) >= 11 is 0. The molecule has 3 heterocycles. The Morgan fingerprint density at radius 3 is 2.91 bits per heavy atom. The Balaban J connectivity index is 1.74. The van der Waals surface area contributed by atoms with Crippen molar-refractivity contribution in [3.63, 3.8) is 0 Å². The van der Waals surface area contributed by atoms with Gasteiger partial charge in [-0.2, -0.15) is 5.10 Å². The number of aromatic nitrogens is 3. The summed E-state index contributed by atoms with van der Waals surface area (Å²) in [6.45, 7) is 3.96. The van der Waals surface area contributed by atoms with Crippen LogP contribution in [0, 0.1) is 13.8 Å². The Morgan fingerprint density at radius 1 is 1.22 bits per heavy atom. The number of carbonyl (C=O) groups excluding carboxylic acids is 1. The predicted octanol–water partition coefficient (Wildman–Crippen LogP) is 2.98. The smallest absolute Gasteiger partial charge is 0.257 e. The molecule has 0 saturated heterocycles. The van der Waals surface area contributed by atoms with E-state index in [1.807, 2.05) is 44.2 Å². The number of hydrogen-bond donors (Lipinski definition) is 3. The number of pyridine rings is 1. The first kappa shape index (κ1) is 13.5. The summed E-state index contributed by atoms with van der Waals surface area (Å²) in [5, 5.41) is 14.1. The zero-order valence-corrected chi connectivity index (χ0v) is 12.8. The van der Waals surface area contributed by atoms with Crippen molar-refractivity contribution < 1.29 is 4.79 Å². The van der Waals surface area contributed by atoms with Crippen LogP contribution >= 0.6 is 0 Å². The Labute approximate surface area is 132 Å². The van der Waals surface area contributed by atoms with Gasteiger partial charge >= 0.3 is 0 Å². The summed E-state index contributed by atoms with van der Waals surface area (Å²) in [4.78, 5) is 16.5. The molecule has 4 rings (SSSR count). The molecule has 3 N–H and O–H groups in total. The zero-order chi connectivity index (χ0) is 16.0. The lowest BCUT2D eigenvalue weighted by molar-refractivity contribution is -0.110. The van der Waals surface area contributed by atoms with Crippen molar-refractivity contribution in [2.45, 2.75) is 13.8 Å². The minimum Gasteiger partial charge on any atom is -0.344 e. The molecule has 0 unspecified atom stereocenters. The highest BCUT2D eigenvalue weighted by molar-refractivity contribution is 6.31. The maximum atomic E-state index is 12.1. The van der Waals surface area contributed by atoms with Gasteiger partial charge in [0.1, 0.15) is 0 Å². The van der Waals surface area contributed by atoms with Gasteiger partial charge in [0.25, 0.3) is 5.91 Å². The number of H-pyrrole nitrogens is 1. The average molecular weight is 305 g/mol. The third kappa shape index (κ3) is 2.15. The second-order valence-electron chi connectivity index (χ2n) is 5.58. The van der Waals surface area contributed by atoms with Gasteiger partial charge in [-0.15, -0.1) is 0 Å². The number of rotatable bonds is 2. The molecule has 2 aromatic heterocycles. The molecule has 1 aromatic carbocycles. The van der Waals surface area contributed by atoms with Crippen molar-refractivity contribution in [2.75, 3.05) is 10.6 Å². The molecule has 0 bridgehead atoms. The Hall–Kier alpha value is -3.15. The molecule has 1 amide bonds. The molecule has 3 aromatic rings. The highest BCUT2D eigenvalue weighted by Gasteiger charge is 2.23. The fraction of sp³-hybridized carbons (Fsp3) is 0.118. The van der Waals surface area contributed by atoms with Crippen LogP contribution in [-0.2, 0) is 4.79 Å². The van der Waals surface area contributed by atoms with Crippen molar-refractivity contribution in [2.24, 2.45) is 0 Å². The molecule has 114 valence electrons. The largest absolute Gasteiger partial charge is 0.344 e. The zero-order valence-electron chi connectivity index (χ0n) is 12.8. The number of nitrogens with one attached hydrogen (secondary N) is 3. The predicted molar refractivity (Wildman–Crippen MR) is 90.0 cm³/mol. The van der Waals surface area contributed by atoms with Gasteiger partial charge in [0, 0.05) is 23.1 Å². The second-order valence-corrected chi connectivity index (χ2v) is 5.58. The molecule has 0 spiro atoms. The standard InChI is InChI=1S/C17H15N5O/c1-9-7-10(2)19-16-14(9)15(21-22-16)18-8-12-11-5-3-4-6-13(11)20-17(12)23/h3-8H,1-2H3,(H,20,23)(H2,18,19,21,22)/b12-8+. The minimum atomic E-state index is -0.121. The number of nitrogens with zero attached hydrogens (tertiary/aromatic N) is 2. The maximum Gasteiger partial charge on any atom is 0.257 e. The van der Waals surface area contributed by atoms with E-state index in [0.29, 0.717) is 11.4 Å². The molecule has 1 aliphatic rings. The lowest BCUT2D eigenvalue weighted by Gasteiger charge is -2.02. The summed E-state index contributed by atoms with van der Waals surface area (Å²) in [7, 11) is 0. The number of fused-ring (bicyclic) bond motifs is 2. The second kappa shape index (κ2) is 4.95. The van der Waals surface area contributed by atoms with E-state index in [1.54, 1.807) is 6.20 Å². The third-order valence-electron chi connectivity index (χ3n) is 3.92. The van der Waals surface area contributed by atoms with Crippen LogP contribution in [0.1, 0.15) is 16.8 Å². The van der Waals surface area contributed by atoms with E-state index in [4.69, 9.17) is 0 Å². The van der Waals surface area contributed by atoms with Crippen LogP contribution in [0.2, 0.25) is 0 Å². The van der Waals surface area contributed by atoms with Gasteiger partial charge in [-0.1, -0.05) is 18.2 Å². The summed E-state index contributed by atoms with van der Waals surface area (Å²) < 4.78 is 0. The van der Waals surface area contributed by atoms with Crippen LogP contribution in [-0.4, -0.2) is 21.1 Å². The van der Waals surface area contributed by atoms with Crippen LogP contribution in [0.15, 0.2) is 36.5 Å². The lowest BCUT2D eigenvalue weighted by Crippen LogP contribution is -2.05. The molecule has 0 fully saturated rings. The van der Waals surface area contributed by atoms with Crippen LogP contribution in [0.4, 0.5) is 11.5 Å². The molecule has 0 aliphatic carbocycles. The fourth-order valence-corrected chi connectivity index (χ4v) is 2.91. The fourth-order valence-electron chi connectivity index (χ4n) is 2.91. The number of aromatic amines is 1. The first-order chi connectivity index (χ1) is 11.1. The monoisotopic (exact) mass is 305 g/mol. The number of anilines is 2. The lowest BCUT2D eigenvalue weighted by atomic mass is 10.1. The maximum absolute atomic E-state index is 12.1. The molecular formula is C17H15N5O. The third-order valence-corrected chi connectivity index (χ3v) is 3.92. The Bertz CT molecular complexity index is 970. The summed E-state index contributed by atoms with van der Waals surface area (Å²) in [6, 6.07) is 9.62. The van der Waals surface area contributed by atoms with Crippen LogP contribution in [0.3, 0.4) is 0 Å². The van der Waals surface area contributed by atoms with Gasteiger partial charge in [0.05, 0.1) is 11.0 Å². The summed E-state index contributed by atoms with van der Waals surface area (Å²) in [5.74, 6) is 0.541. The first-order valence-corrected chi connectivity index (χ1v) is 7.33. The van der Waals surface area contributed by atoms with Gasteiger partial charge in [0.15, 0.2) is 11.5 Å². The molecule has 1 aliphatic heterocycles. The van der Waals surface area contributed by atoms with Crippen molar-refractivity contribution >= 4 is 34.0 Å². The van der Waals surface area contributed by atoms with Gasteiger partial charge in [-0.25, -0.2) is 4.98 Å². The Morgan fingerprint density at radius 2 is 2.04 bits per heavy atom. The SMILES string of the molecule is Cc1cc(C)c2c(N/C=C3/C(=O)Nc4ccccc43)n[nH]c2n1.